The van der Waals surface area contributed by atoms with Crippen LogP contribution in [0.25, 0.3) is 0 Å². The summed E-state index contributed by atoms with van der Waals surface area (Å²) < 4.78 is 19.0. The molecule has 21 heavy (non-hydrogen) atoms. The van der Waals surface area contributed by atoms with Crippen LogP contribution in [-0.4, -0.2) is 6.61 Å². The Morgan fingerprint density at radius 1 is 1.14 bits per heavy atom. The van der Waals surface area contributed by atoms with E-state index >= 15 is 0 Å². The normalized spacial score (nSPS) is 10.7. The number of rotatable bonds is 6. The molecule has 0 radical (unpaired) electrons. The van der Waals surface area contributed by atoms with Gasteiger partial charge in [-0.25, -0.2) is 4.39 Å². The third kappa shape index (κ3) is 4.78. The van der Waals surface area contributed by atoms with Gasteiger partial charge in [-0.2, -0.15) is 0 Å². The lowest BCUT2D eigenvalue weighted by atomic mass is 10.1. The van der Waals surface area contributed by atoms with Crippen molar-refractivity contribution in [3.05, 3.63) is 59.4 Å². The van der Waals surface area contributed by atoms with Gasteiger partial charge >= 0.3 is 0 Å². The highest BCUT2D eigenvalue weighted by molar-refractivity contribution is 5.49. The van der Waals surface area contributed by atoms with Gasteiger partial charge in [-0.05, 0) is 48.2 Å². The first-order chi connectivity index (χ1) is 10.0. The second-order valence-electron chi connectivity index (χ2n) is 5.66. The molecule has 0 aliphatic carbocycles. The monoisotopic (exact) mass is 287 g/mol. The third-order valence-corrected chi connectivity index (χ3v) is 3.21. The molecule has 3 heteroatoms. The Morgan fingerprint density at radius 3 is 2.71 bits per heavy atom. The van der Waals surface area contributed by atoms with Gasteiger partial charge in [0, 0.05) is 18.3 Å². The van der Waals surface area contributed by atoms with E-state index in [4.69, 9.17) is 4.74 Å². The fourth-order valence-corrected chi connectivity index (χ4v) is 1.99. The Kier molecular flexibility index (Phi) is 5.20. The van der Waals surface area contributed by atoms with Crippen molar-refractivity contribution < 1.29 is 9.13 Å². The predicted molar refractivity (Wildman–Crippen MR) is 85.2 cm³/mol. The van der Waals surface area contributed by atoms with Crippen molar-refractivity contribution in [3.63, 3.8) is 0 Å². The predicted octanol–water partition coefficient (Wildman–Crippen LogP) is 4.78. The number of hydrogen-bond acceptors (Lipinski definition) is 2. The number of aryl methyl sites for hydroxylation is 1. The SMILES string of the molecule is Cc1ccc(F)cc1CNc1cccc(OCC(C)C)c1. The largest absolute Gasteiger partial charge is 0.493 e. The number of anilines is 1. The van der Waals surface area contributed by atoms with E-state index in [0.29, 0.717) is 19.1 Å². The Hall–Kier alpha value is -2.03. The smallest absolute Gasteiger partial charge is 0.123 e. The Balaban J connectivity index is 1.99. The fourth-order valence-electron chi connectivity index (χ4n) is 1.99. The minimum absolute atomic E-state index is 0.202. The summed E-state index contributed by atoms with van der Waals surface area (Å²) in [5, 5.41) is 3.31. The zero-order valence-electron chi connectivity index (χ0n) is 12.8. The van der Waals surface area contributed by atoms with Gasteiger partial charge in [-0.15, -0.1) is 0 Å². The zero-order valence-corrected chi connectivity index (χ0v) is 12.8. The molecule has 112 valence electrons. The summed E-state index contributed by atoms with van der Waals surface area (Å²) in [4.78, 5) is 0. The standard InChI is InChI=1S/C18H22FNO/c1-13(2)12-21-18-6-4-5-17(10-18)20-11-15-9-16(19)8-7-14(15)3/h4-10,13,20H,11-12H2,1-3H3. The summed E-state index contributed by atoms with van der Waals surface area (Å²) in [5.74, 6) is 1.15. The minimum atomic E-state index is -0.202. The summed E-state index contributed by atoms with van der Waals surface area (Å²) >= 11 is 0. The van der Waals surface area contributed by atoms with Crippen molar-refractivity contribution >= 4 is 5.69 Å². The zero-order chi connectivity index (χ0) is 15.2. The molecule has 0 atom stereocenters. The van der Waals surface area contributed by atoms with E-state index in [1.807, 2.05) is 31.2 Å². The highest BCUT2D eigenvalue weighted by atomic mass is 19.1. The van der Waals surface area contributed by atoms with Crippen molar-refractivity contribution in [2.45, 2.75) is 27.3 Å². The summed E-state index contributed by atoms with van der Waals surface area (Å²) in [6, 6.07) is 12.7. The molecule has 0 bridgehead atoms. The minimum Gasteiger partial charge on any atom is -0.493 e. The van der Waals surface area contributed by atoms with Crippen molar-refractivity contribution in [3.8, 4) is 5.75 Å². The van der Waals surface area contributed by atoms with Crippen molar-refractivity contribution in [1.29, 1.82) is 0 Å². The highest BCUT2D eigenvalue weighted by Crippen LogP contribution is 2.19. The van der Waals surface area contributed by atoms with E-state index in [2.05, 4.69) is 19.2 Å². The van der Waals surface area contributed by atoms with Crippen LogP contribution in [0.1, 0.15) is 25.0 Å². The van der Waals surface area contributed by atoms with Gasteiger partial charge in [0.1, 0.15) is 11.6 Å². The molecule has 0 fully saturated rings. The first kappa shape index (κ1) is 15.4. The van der Waals surface area contributed by atoms with Crippen LogP contribution in [0.2, 0.25) is 0 Å². The second-order valence-corrected chi connectivity index (χ2v) is 5.66. The molecule has 0 aliphatic heterocycles. The lowest BCUT2D eigenvalue weighted by Gasteiger charge is -2.12. The van der Waals surface area contributed by atoms with E-state index < -0.39 is 0 Å². The second kappa shape index (κ2) is 7.11. The fraction of sp³-hybridized carbons (Fsp3) is 0.333. The highest BCUT2D eigenvalue weighted by Gasteiger charge is 2.02. The van der Waals surface area contributed by atoms with E-state index in [9.17, 15) is 4.39 Å². The Labute approximate surface area is 126 Å². The van der Waals surface area contributed by atoms with Crippen molar-refractivity contribution in [2.24, 2.45) is 5.92 Å². The number of halogens is 1. The molecule has 2 aromatic rings. The van der Waals surface area contributed by atoms with Gasteiger partial charge in [0.05, 0.1) is 6.61 Å². The molecule has 2 rings (SSSR count). The molecule has 0 heterocycles. The number of ether oxygens (including phenoxy) is 1. The lowest BCUT2D eigenvalue weighted by molar-refractivity contribution is 0.271. The van der Waals surface area contributed by atoms with Gasteiger partial charge in [-0.3, -0.25) is 0 Å². The van der Waals surface area contributed by atoms with Crippen LogP contribution in [0.4, 0.5) is 10.1 Å². The van der Waals surface area contributed by atoms with E-state index in [1.165, 1.54) is 6.07 Å². The van der Waals surface area contributed by atoms with Crippen LogP contribution in [0.15, 0.2) is 42.5 Å². The van der Waals surface area contributed by atoms with Gasteiger partial charge in [0.25, 0.3) is 0 Å². The molecular weight excluding hydrogens is 265 g/mol. The maximum Gasteiger partial charge on any atom is 0.123 e. The van der Waals surface area contributed by atoms with Crippen molar-refractivity contribution in [1.82, 2.24) is 0 Å². The average Bonchev–Trinajstić information content (AvgIpc) is 2.46. The molecule has 0 unspecified atom stereocenters. The summed E-state index contributed by atoms with van der Waals surface area (Å²) in [6.07, 6.45) is 0. The molecule has 0 saturated carbocycles. The molecule has 0 aliphatic rings. The molecule has 2 aromatic carbocycles. The van der Waals surface area contributed by atoms with Crippen LogP contribution in [0, 0.1) is 18.7 Å². The molecule has 1 N–H and O–H groups in total. The average molecular weight is 287 g/mol. The molecule has 0 aromatic heterocycles. The quantitative estimate of drug-likeness (QED) is 0.825. The van der Waals surface area contributed by atoms with E-state index in [-0.39, 0.29) is 5.82 Å². The van der Waals surface area contributed by atoms with Crippen molar-refractivity contribution in [2.75, 3.05) is 11.9 Å². The lowest BCUT2D eigenvalue weighted by Crippen LogP contribution is -2.05. The van der Waals surface area contributed by atoms with Crippen LogP contribution in [-0.2, 0) is 6.54 Å². The van der Waals surface area contributed by atoms with E-state index in [0.717, 1.165) is 22.6 Å². The van der Waals surface area contributed by atoms with E-state index in [1.54, 1.807) is 12.1 Å². The summed E-state index contributed by atoms with van der Waals surface area (Å²) in [5.41, 5.74) is 3.01. The molecule has 0 spiro atoms. The van der Waals surface area contributed by atoms with Gasteiger partial charge < -0.3 is 10.1 Å². The number of benzene rings is 2. The number of hydrogen-bond donors (Lipinski definition) is 1. The molecule has 2 nitrogen and oxygen atoms in total. The Bertz CT molecular complexity index is 596. The topological polar surface area (TPSA) is 21.3 Å². The third-order valence-electron chi connectivity index (χ3n) is 3.21. The van der Waals surface area contributed by atoms with Gasteiger partial charge in [0.15, 0.2) is 0 Å². The maximum absolute atomic E-state index is 13.3. The van der Waals surface area contributed by atoms with Crippen LogP contribution in [0.3, 0.4) is 0 Å². The summed E-state index contributed by atoms with van der Waals surface area (Å²) in [6.45, 7) is 7.52. The van der Waals surface area contributed by atoms with Crippen LogP contribution < -0.4 is 10.1 Å². The molecule has 0 amide bonds. The number of nitrogens with one attached hydrogen (secondary N) is 1. The van der Waals surface area contributed by atoms with Gasteiger partial charge in [-0.1, -0.05) is 26.0 Å². The first-order valence-electron chi connectivity index (χ1n) is 7.26. The Morgan fingerprint density at radius 2 is 1.95 bits per heavy atom. The van der Waals surface area contributed by atoms with Gasteiger partial charge in [0.2, 0.25) is 0 Å². The molecule has 0 saturated heterocycles. The molecular formula is C18H22FNO. The maximum atomic E-state index is 13.3. The first-order valence-corrected chi connectivity index (χ1v) is 7.26. The van der Waals surface area contributed by atoms with Crippen LogP contribution in [0.5, 0.6) is 5.75 Å². The van der Waals surface area contributed by atoms with Crippen LogP contribution >= 0.6 is 0 Å². The summed E-state index contributed by atoms with van der Waals surface area (Å²) in [7, 11) is 0.